The van der Waals surface area contributed by atoms with Crippen LogP contribution in [0.5, 0.6) is 0 Å². The first-order valence-electron chi connectivity index (χ1n) is 7.70. The third kappa shape index (κ3) is 6.48. The Morgan fingerprint density at radius 3 is 2.65 bits per heavy atom. The van der Waals surface area contributed by atoms with Crippen LogP contribution in [-0.2, 0) is 17.7 Å². The zero-order valence-electron chi connectivity index (χ0n) is 13.6. The van der Waals surface area contributed by atoms with Crippen LogP contribution >= 0.6 is 0 Å². The van der Waals surface area contributed by atoms with Gasteiger partial charge in [0.05, 0.1) is 12.2 Å². The minimum Gasteiger partial charge on any atom is -0.374 e. The number of hydrogen-bond acceptors (Lipinski definition) is 4. The Hall–Kier alpha value is -0.940. The van der Waals surface area contributed by atoms with Crippen molar-refractivity contribution >= 4 is 0 Å². The molecule has 0 aliphatic carbocycles. The first-order valence-corrected chi connectivity index (χ1v) is 7.70. The Balaban J connectivity index is 2.60. The van der Waals surface area contributed by atoms with Gasteiger partial charge in [-0.1, -0.05) is 13.8 Å². The van der Waals surface area contributed by atoms with E-state index < -0.39 is 0 Å². The van der Waals surface area contributed by atoms with Crippen molar-refractivity contribution in [2.24, 2.45) is 0 Å². The Morgan fingerprint density at radius 1 is 1.30 bits per heavy atom. The van der Waals surface area contributed by atoms with E-state index in [-0.39, 0.29) is 11.6 Å². The summed E-state index contributed by atoms with van der Waals surface area (Å²) in [6.07, 6.45) is 4.69. The van der Waals surface area contributed by atoms with Crippen molar-refractivity contribution in [2.45, 2.75) is 72.1 Å². The predicted octanol–water partition coefficient (Wildman–Crippen LogP) is 2.41. The van der Waals surface area contributed by atoms with E-state index in [9.17, 15) is 0 Å². The maximum atomic E-state index is 5.92. The Labute approximate surface area is 123 Å². The highest BCUT2D eigenvalue weighted by molar-refractivity contribution is 4.90. The molecule has 116 valence electrons. The average Bonchev–Trinajstić information content (AvgIpc) is 2.79. The molecule has 0 spiro atoms. The second-order valence-electron chi connectivity index (χ2n) is 6.18. The van der Waals surface area contributed by atoms with Gasteiger partial charge >= 0.3 is 0 Å². The molecule has 0 amide bonds. The summed E-state index contributed by atoms with van der Waals surface area (Å²) in [5, 5.41) is 7.83. The number of hydrogen-bond donors (Lipinski definition) is 1. The third-order valence-corrected chi connectivity index (χ3v) is 2.96. The maximum absolute atomic E-state index is 5.92. The topological polar surface area (TPSA) is 52.0 Å². The predicted molar refractivity (Wildman–Crippen MR) is 81.8 cm³/mol. The van der Waals surface area contributed by atoms with Gasteiger partial charge in [-0.15, -0.1) is 0 Å². The summed E-state index contributed by atoms with van der Waals surface area (Å²) in [5.41, 5.74) is -0.108. The smallest absolute Gasteiger partial charge is 0.138 e. The molecule has 0 saturated carbocycles. The average molecular weight is 282 g/mol. The summed E-state index contributed by atoms with van der Waals surface area (Å²) in [6.45, 7) is 13.2. The standard InChI is InChI=1S/C15H30N4O/c1-6-8-16-13(11-20-15(3,4)5)10-14-17-12-18-19(14)9-7-2/h12-13,16H,6-11H2,1-5H3. The zero-order chi connectivity index (χ0) is 15.0. The van der Waals surface area contributed by atoms with E-state index >= 15 is 0 Å². The first-order chi connectivity index (χ1) is 9.46. The number of aromatic nitrogens is 3. The Bertz CT molecular complexity index is 370. The SMILES string of the molecule is CCCNC(COC(C)(C)C)Cc1ncnn1CCC. The van der Waals surface area contributed by atoms with Crippen LogP contribution in [0.3, 0.4) is 0 Å². The van der Waals surface area contributed by atoms with Crippen molar-refractivity contribution in [3.05, 3.63) is 12.2 Å². The van der Waals surface area contributed by atoms with Crippen molar-refractivity contribution in [3.63, 3.8) is 0 Å². The molecular formula is C15H30N4O. The second-order valence-corrected chi connectivity index (χ2v) is 6.18. The van der Waals surface area contributed by atoms with Crippen LogP contribution in [0.2, 0.25) is 0 Å². The van der Waals surface area contributed by atoms with Gasteiger partial charge in [0.25, 0.3) is 0 Å². The van der Waals surface area contributed by atoms with Crippen LogP contribution in [0.25, 0.3) is 0 Å². The molecule has 20 heavy (non-hydrogen) atoms. The van der Waals surface area contributed by atoms with Gasteiger partial charge in [-0.05, 0) is 40.2 Å². The highest BCUT2D eigenvalue weighted by Gasteiger charge is 2.17. The van der Waals surface area contributed by atoms with Crippen LogP contribution in [0.4, 0.5) is 0 Å². The molecule has 0 fully saturated rings. The van der Waals surface area contributed by atoms with Crippen molar-refractivity contribution in [1.29, 1.82) is 0 Å². The van der Waals surface area contributed by atoms with Crippen molar-refractivity contribution < 1.29 is 4.74 Å². The lowest BCUT2D eigenvalue weighted by Gasteiger charge is -2.25. The first kappa shape index (κ1) is 17.1. The van der Waals surface area contributed by atoms with E-state index in [2.05, 4.69) is 50.0 Å². The molecule has 1 heterocycles. The van der Waals surface area contributed by atoms with Crippen LogP contribution in [-0.4, -0.2) is 39.6 Å². The lowest BCUT2D eigenvalue weighted by Crippen LogP contribution is -2.39. The van der Waals surface area contributed by atoms with Gasteiger partial charge in [0, 0.05) is 19.0 Å². The third-order valence-electron chi connectivity index (χ3n) is 2.96. The van der Waals surface area contributed by atoms with E-state index in [1.165, 1.54) is 0 Å². The molecule has 0 bridgehead atoms. The monoisotopic (exact) mass is 282 g/mol. The molecule has 5 heteroatoms. The van der Waals surface area contributed by atoms with Gasteiger partial charge in [-0.25, -0.2) is 4.98 Å². The molecule has 0 aliphatic rings. The molecule has 1 rings (SSSR count). The van der Waals surface area contributed by atoms with E-state index in [1.54, 1.807) is 6.33 Å². The lowest BCUT2D eigenvalue weighted by molar-refractivity contribution is -0.0146. The van der Waals surface area contributed by atoms with Crippen LogP contribution in [0, 0.1) is 0 Å². The molecule has 0 aliphatic heterocycles. The summed E-state index contributed by atoms with van der Waals surface area (Å²) in [6, 6.07) is 0.286. The summed E-state index contributed by atoms with van der Waals surface area (Å²) in [5.74, 6) is 1.04. The highest BCUT2D eigenvalue weighted by atomic mass is 16.5. The fraction of sp³-hybridized carbons (Fsp3) is 0.867. The van der Waals surface area contributed by atoms with Gasteiger partial charge in [-0.3, -0.25) is 4.68 Å². The lowest BCUT2D eigenvalue weighted by atomic mass is 10.1. The maximum Gasteiger partial charge on any atom is 0.138 e. The molecule has 1 aromatic heterocycles. The number of aryl methyl sites for hydroxylation is 1. The molecule has 0 aromatic carbocycles. The van der Waals surface area contributed by atoms with Crippen LogP contribution in [0.15, 0.2) is 6.33 Å². The van der Waals surface area contributed by atoms with E-state index in [4.69, 9.17) is 4.74 Å². The summed E-state index contributed by atoms with van der Waals surface area (Å²) >= 11 is 0. The fourth-order valence-electron chi connectivity index (χ4n) is 1.95. The van der Waals surface area contributed by atoms with Gasteiger partial charge in [0.1, 0.15) is 12.2 Å². The molecule has 1 aromatic rings. The van der Waals surface area contributed by atoms with Gasteiger partial charge in [-0.2, -0.15) is 5.10 Å². The van der Waals surface area contributed by atoms with E-state index in [0.29, 0.717) is 6.61 Å². The number of rotatable bonds is 9. The molecule has 1 unspecified atom stereocenters. The molecule has 1 atom stereocenters. The van der Waals surface area contributed by atoms with Crippen molar-refractivity contribution in [1.82, 2.24) is 20.1 Å². The minimum atomic E-state index is -0.108. The molecular weight excluding hydrogens is 252 g/mol. The normalized spacial score (nSPS) is 13.7. The number of ether oxygens (including phenoxy) is 1. The molecule has 5 nitrogen and oxygen atoms in total. The molecule has 1 N–H and O–H groups in total. The summed E-state index contributed by atoms with van der Waals surface area (Å²) in [7, 11) is 0. The number of nitrogens with one attached hydrogen (secondary N) is 1. The fourth-order valence-corrected chi connectivity index (χ4v) is 1.95. The number of nitrogens with zero attached hydrogens (tertiary/aromatic N) is 3. The van der Waals surface area contributed by atoms with E-state index in [0.717, 1.165) is 38.2 Å². The molecule has 0 saturated heterocycles. The second kappa shape index (κ2) is 8.37. The van der Waals surface area contributed by atoms with Gasteiger partial charge < -0.3 is 10.1 Å². The van der Waals surface area contributed by atoms with Crippen LogP contribution < -0.4 is 5.32 Å². The van der Waals surface area contributed by atoms with E-state index in [1.807, 2.05) is 4.68 Å². The molecule has 0 radical (unpaired) electrons. The van der Waals surface area contributed by atoms with Crippen molar-refractivity contribution in [3.8, 4) is 0 Å². The quantitative estimate of drug-likeness (QED) is 0.755. The minimum absolute atomic E-state index is 0.108. The van der Waals surface area contributed by atoms with Gasteiger partial charge in [0.15, 0.2) is 0 Å². The highest BCUT2D eigenvalue weighted by Crippen LogP contribution is 2.09. The van der Waals surface area contributed by atoms with Crippen LogP contribution in [0.1, 0.15) is 53.3 Å². The summed E-state index contributed by atoms with van der Waals surface area (Å²) in [4.78, 5) is 4.38. The summed E-state index contributed by atoms with van der Waals surface area (Å²) < 4.78 is 7.91. The van der Waals surface area contributed by atoms with Gasteiger partial charge in [0.2, 0.25) is 0 Å². The Morgan fingerprint density at radius 2 is 2.05 bits per heavy atom. The Kier molecular flexibility index (Phi) is 7.16. The largest absolute Gasteiger partial charge is 0.374 e. The zero-order valence-corrected chi connectivity index (χ0v) is 13.6. The van der Waals surface area contributed by atoms with Crippen molar-refractivity contribution in [2.75, 3.05) is 13.2 Å².